The number of esters is 1. The number of ether oxygens (including phenoxy) is 3. The van der Waals surface area contributed by atoms with Crippen LogP contribution >= 0.6 is 11.6 Å². The fourth-order valence-electron chi connectivity index (χ4n) is 2.69. The van der Waals surface area contributed by atoms with E-state index in [0.717, 1.165) is 0 Å². The predicted octanol–water partition coefficient (Wildman–Crippen LogP) is 3.67. The number of benzene rings is 3. The molecule has 0 aromatic heterocycles. The molecular weight excluding hydrogens is 462 g/mol. The molecule has 0 saturated heterocycles. The fraction of sp³-hybridized carbons (Fsp3) is 0.0833. The van der Waals surface area contributed by atoms with E-state index in [1.54, 1.807) is 60.7 Å². The molecule has 0 radical (unpaired) electrons. The van der Waals surface area contributed by atoms with Crippen molar-refractivity contribution in [3.63, 3.8) is 0 Å². The lowest BCUT2D eigenvalue weighted by Gasteiger charge is -2.10. The van der Waals surface area contributed by atoms with Crippen molar-refractivity contribution in [2.75, 3.05) is 19.5 Å². The first-order valence-electron chi connectivity index (χ1n) is 9.84. The molecular formula is C24H20ClN3O6. The van der Waals surface area contributed by atoms with Gasteiger partial charge in [0.2, 0.25) is 0 Å². The van der Waals surface area contributed by atoms with Crippen LogP contribution in [0.15, 0.2) is 71.8 Å². The normalized spacial score (nSPS) is 10.4. The predicted molar refractivity (Wildman–Crippen MR) is 127 cm³/mol. The minimum atomic E-state index is -0.956. The second-order valence-electron chi connectivity index (χ2n) is 6.69. The molecule has 0 saturated carbocycles. The largest absolute Gasteiger partial charge is 0.497 e. The fourth-order valence-corrected chi connectivity index (χ4v) is 2.82. The third kappa shape index (κ3) is 6.57. The first-order valence-corrected chi connectivity index (χ1v) is 10.2. The van der Waals surface area contributed by atoms with Crippen molar-refractivity contribution in [2.45, 2.75) is 0 Å². The minimum absolute atomic E-state index is 0.193. The maximum atomic E-state index is 12.4. The highest BCUT2D eigenvalue weighted by molar-refractivity contribution is 6.39. The highest BCUT2D eigenvalue weighted by Crippen LogP contribution is 2.28. The first kappa shape index (κ1) is 24.3. The summed E-state index contributed by atoms with van der Waals surface area (Å²) in [6, 6.07) is 17.5. The van der Waals surface area contributed by atoms with Crippen molar-refractivity contribution < 1.29 is 28.6 Å². The zero-order valence-electron chi connectivity index (χ0n) is 18.2. The van der Waals surface area contributed by atoms with E-state index in [-0.39, 0.29) is 11.5 Å². The Hall–Kier alpha value is -4.37. The van der Waals surface area contributed by atoms with Gasteiger partial charge in [0.1, 0.15) is 5.75 Å². The van der Waals surface area contributed by atoms with Crippen LogP contribution in [0.5, 0.6) is 17.2 Å². The van der Waals surface area contributed by atoms with Gasteiger partial charge in [-0.05, 0) is 66.2 Å². The van der Waals surface area contributed by atoms with E-state index in [9.17, 15) is 14.4 Å². The monoisotopic (exact) mass is 481 g/mol. The Morgan fingerprint density at radius 2 is 1.65 bits per heavy atom. The molecule has 0 bridgehead atoms. The molecule has 0 unspecified atom stereocenters. The number of anilines is 1. The number of nitrogens with one attached hydrogen (secondary N) is 2. The second-order valence-corrected chi connectivity index (χ2v) is 7.13. The van der Waals surface area contributed by atoms with Crippen LogP contribution in [0.3, 0.4) is 0 Å². The number of rotatable bonds is 7. The molecule has 2 amide bonds. The number of halogens is 1. The van der Waals surface area contributed by atoms with Gasteiger partial charge in [0.25, 0.3) is 0 Å². The van der Waals surface area contributed by atoms with E-state index in [2.05, 4.69) is 15.8 Å². The van der Waals surface area contributed by atoms with E-state index in [0.29, 0.717) is 27.6 Å². The summed E-state index contributed by atoms with van der Waals surface area (Å²) in [6.07, 6.45) is 1.31. The summed E-state index contributed by atoms with van der Waals surface area (Å²) in [5, 5.41) is 6.69. The summed E-state index contributed by atoms with van der Waals surface area (Å²) in [4.78, 5) is 36.3. The van der Waals surface area contributed by atoms with Gasteiger partial charge < -0.3 is 19.5 Å². The summed E-state index contributed by atoms with van der Waals surface area (Å²) in [6.45, 7) is 0. The Kier molecular flexibility index (Phi) is 8.20. The van der Waals surface area contributed by atoms with E-state index in [1.165, 1.54) is 26.5 Å². The zero-order valence-corrected chi connectivity index (χ0v) is 19.0. The van der Waals surface area contributed by atoms with Crippen LogP contribution in [0.2, 0.25) is 5.02 Å². The second kappa shape index (κ2) is 11.5. The summed E-state index contributed by atoms with van der Waals surface area (Å²) < 4.78 is 15.8. The van der Waals surface area contributed by atoms with Gasteiger partial charge in [-0.2, -0.15) is 5.10 Å². The van der Waals surface area contributed by atoms with Gasteiger partial charge in [0.05, 0.1) is 26.0 Å². The molecule has 0 aliphatic rings. The van der Waals surface area contributed by atoms with E-state index < -0.39 is 17.8 Å². The molecule has 0 atom stereocenters. The first-order chi connectivity index (χ1) is 16.4. The third-order valence-corrected chi connectivity index (χ3v) is 4.64. The van der Waals surface area contributed by atoms with Crippen LogP contribution in [0.4, 0.5) is 5.69 Å². The van der Waals surface area contributed by atoms with Crippen molar-refractivity contribution in [2.24, 2.45) is 5.10 Å². The smallest absolute Gasteiger partial charge is 0.343 e. The third-order valence-electron chi connectivity index (χ3n) is 4.38. The summed E-state index contributed by atoms with van der Waals surface area (Å²) in [5.41, 5.74) is 3.38. The number of methoxy groups -OCH3 is 2. The number of amides is 2. The molecule has 3 rings (SSSR count). The van der Waals surface area contributed by atoms with Gasteiger partial charge in [0.15, 0.2) is 11.5 Å². The quantitative estimate of drug-likeness (QED) is 0.175. The van der Waals surface area contributed by atoms with Gasteiger partial charge in [-0.25, -0.2) is 10.2 Å². The summed E-state index contributed by atoms with van der Waals surface area (Å²) in [7, 11) is 2.92. The summed E-state index contributed by atoms with van der Waals surface area (Å²) in [5.74, 6) is -1.45. The maximum absolute atomic E-state index is 12.4. The Morgan fingerprint density at radius 3 is 2.35 bits per heavy atom. The number of hydrogen-bond acceptors (Lipinski definition) is 7. The Morgan fingerprint density at radius 1 is 0.882 bits per heavy atom. The molecule has 174 valence electrons. The van der Waals surface area contributed by atoms with Crippen LogP contribution in [-0.2, 0) is 9.59 Å². The molecule has 0 aliphatic heterocycles. The van der Waals surface area contributed by atoms with Crippen molar-refractivity contribution in [1.29, 1.82) is 0 Å². The molecule has 0 aliphatic carbocycles. The summed E-state index contributed by atoms with van der Waals surface area (Å²) >= 11 is 5.78. The number of nitrogens with zero attached hydrogens (tertiary/aromatic N) is 1. The average molecular weight is 482 g/mol. The van der Waals surface area contributed by atoms with E-state index in [4.69, 9.17) is 25.8 Å². The number of carbonyl (C=O) groups excluding carboxylic acids is 3. The molecule has 0 fully saturated rings. The van der Waals surface area contributed by atoms with Gasteiger partial charge in [0, 0.05) is 10.7 Å². The SMILES string of the molecule is COc1cccc(C(=O)Oc2ccc(/C=N/NC(=O)C(=O)Nc3ccc(Cl)cc3)cc2OC)c1. The maximum Gasteiger partial charge on any atom is 0.343 e. The van der Waals surface area contributed by atoms with Crippen molar-refractivity contribution in [3.05, 3.63) is 82.9 Å². The molecule has 34 heavy (non-hydrogen) atoms. The number of carbonyl (C=O) groups is 3. The van der Waals surface area contributed by atoms with E-state index >= 15 is 0 Å². The van der Waals surface area contributed by atoms with Gasteiger partial charge in [-0.1, -0.05) is 17.7 Å². The van der Waals surface area contributed by atoms with Crippen LogP contribution in [0.25, 0.3) is 0 Å². The molecule has 10 heteroatoms. The van der Waals surface area contributed by atoms with Crippen LogP contribution in [-0.4, -0.2) is 38.2 Å². The lowest BCUT2D eigenvalue weighted by atomic mass is 10.2. The van der Waals surface area contributed by atoms with Crippen molar-refractivity contribution in [3.8, 4) is 17.2 Å². The van der Waals surface area contributed by atoms with E-state index in [1.807, 2.05) is 0 Å². The molecule has 0 heterocycles. The van der Waals surface area contributed by atoms with Crippen LogP contribution in [0.1, 0.15) is 15.9 Å². The molecule has 3 aromatic rings. The molecule has 9 nitrogen and oxygen atoms in total. The van der Waals surface area contributed by atoms with Crippen molar-refractivity contribution in [1.82, 2.24) is 5.43 Å². The van der Waals surface area contributed by atoms with Crippen molar-refractivity contribution >= 4 is 41.3 Å². The van der Waals surface area contributed by atoms with Gasteiger partial charge in [-0.15, -0.1) is 0 Å². The van der Waals surface area contributed by atoms with Gasteiger partial charge in [-0.3, -0.25) is 9.59 Å². The average Bonchev–Trinajstić information content (AvgIpc) is 2.86. The highest BCUT2D eigenvalue weighted by Gasteiger charge is 2.15. The molecule has 2 N–H and O–H groups in total. The lowest BCUT2D eigenvalue weighted by molar-refractivity contribution is -0.136. The minimum Gasteiger partial charge on any atom is -0.497 e. The standard InChI is InChI=1S/C24H20ClN3O6/c1-32-19-5-3-4-16(13-19)24(31)34-20-11-6-15(12-21(20)33-2)14-26-28-23(30)22(29)27-18-9-7-17(25)8-10-18/h3-14H,1-2H3,(H,27,29)(H,28,30)/b26-14+. The Labute approximate surface area is 200 Å². The Bertz CT molecular complexity index is 1230. The van der Waals surface area contributed by atoms with Crippen LogP contribution in [0, 0.1) is 0 Å². The van der Waals surface area contributed by atoms with Crippen LogP contribution < -0.4 is 25.0 Å². The number of hydrazone groups is 1. The Balaban J connectivity index is 1.60. The zero-order chi connectivity index (χ0) is 24.5. The molecule has 0 spiro atoms. The number of hydrogen-bond donors (Lipinski definition) is 2. The van der Waals surface area contributed by atoms with Gasteiger partial charge >= 0.3 is 17.8 Å². The molecule has 3 aromatic carbocycles. The topological polar surface area (TPSA) is 115 Å². The highest BCUT2D eigenvalue weighted by atomic mass is 35.5. The lowest BCUT2D eigenvalue weighted by Crippen LogP contribution is -2.32.